The molecular weight excluding hydrogens is 746 g/mol. The minimum absolute atomic E-state index is 0.141. The van der Waals surface area contributed by atoms with E-state index < -0.39 is 35.8 Å². The van der Waals surface area contributed by atoms with Crippen LogP contribution in [0.4, 0.5) is 15.9 Å². The van der Waals surface area contributed by atoms with Crippen molar-refractivity contribution in [2.75, 3.05) is 49.9 Å². The van der Waals surface area contributed by atoms with Crippen molar-refractivity contribution in [1.82, 2.24) is 44.5 Å². The second-order valence-electron chi connectivity index (χ2n) is 15.4. The van der Waals surface area contributed by atoms with Crippen molar-refractivity contribution in [1.29, 1.82) is 0 Å². The van der Waals surface area contributed by atoms with E-state index in [9.17, 15) is 19.2 Å². The molecule has 5 aromatic rings. The Balaban J connectivity index is 0.787. The lowest BCUT2D eigenvalue weighted by molar-refractivity contribution is -0.134. The molecule has 1 unspecified atom stereocenters. The maximum absolute atomic E-state index is 16.3. The lowest BCUT2D eigenvalue weighted by atomic mass is 9.95. The van der Waals surface area contributed by atoms with Crippen LogP contribution in [0, 0.1) is 0 Å². The molecule has 0 radical (unpaired) electrons. The number of carbonyl (C=O) groups is 3. The number of piperidine rings is 3. The Hall–Kier alpha value is -6.20. The van der Waals surface area contributed by atoms with Crippen LogP contribution < -0.4 is 31.7 Å². The number of nitrogens with zero attached hydrogens (tertiary/aromatic N) is 8. The van der Waals surface area contributed by atoms with E-state index in [-0.39, 0.29) is 42.8 Å². The van der Waals surface area contributed by atoms with Gasteiger partial charge < -0.3 is 20.7 Å². The first kappa shape index (κ1) is 37.4. The Bertz CT molecular complexity index is 2380. The highest BCUT2D eigenvalue weighted by Gasteiger charge is 2.40. The van der Waals surface area contributed by atoms with E-state index in [4.69, 9.17) is 10.5 Å². The third kappa shape index (κ3) is 7.26. The van der Waals surface area contributed by atoms with Crippen molar-refractivity contribution >= 4 is 40.4 Å². The molecule has 58 heavy (non-hydrogen) atoms. The smallest absolute Gasteiger partial charge is 0.335 e. The van der Waals surface area contributed by atoms with Crippen molar-refractivity contribution in [2.24, 2.45) is 0 Å². The third-order valence-electron chi connectivity index (χ3n) is 11.9. The van der Waals surface area contributed by atoms with Crippen molar-refractivity contribution in [3.05, 3.63) is 95.4 Å². The van der Waals surface area contributed by atoms with Gasteiger partial charge in [-0.15, -0.1) is 0 Å². The van der Waals surface area contributed by atoms with Gasteiger partial charge in [-0.2, -0.15) is 0 Å². The SMILES string of the molecule is Nc1ncnc2c1n(-c1ccc(Oc3ccccc3)cc1)c(=O)n2[C@@H]1CCN(C2CCN(C3CN(c4ccc(C(=O)NC5CCC(=O)NC5=O)nc4)C3)CC2)C[C@@H]1F. The van der Waals surface area contributed by atoms with Gasteiger partial charge in [0, 0.05) is 57.8 Å². The number of alkyl halides is 1. The molecule has 4 aliphatic rings. The van der Waals surface area contributed by atoms with Crippen LogP contribution in [0.5, 0.6) is 11.5 Å². The number of halogens is 1. The fraction of sp³-hybridized carbons (Fsp3) is 0.390. The standard InChI is InChI=1S/C41H44FN11O5/c42-31-23-50(25-14-17-49(18-15-25)28-21-51(22-28)27-8-11-32(44-20-27)39(55)47-33-12-13-35(54)48-40(33)56)19-16-34(31)53-38-36(37(43)45-24-46-38)52(41(53)57)26-6-9-30(10-7-26)58-29-4-2-1-3-5-29/h1-11,20,24-25,28,31,33-34H,12-19,21-23H2,(H,47,55)(H2,43,45,46)(H,48,54,56)/t31-,33?,34+/m0/s1. The molecule has 3 atom stereocenters. The topological polar surface area (TPSA) is 186 Å². The Morgan fingerprint density at radius 2 is 1.53 bits per heavy atom. The quantitative estimate of drug-likeness (QED) is 0.186. The van der Waals surface area contributed by atoms with E-state index in [0.29, 0.717) is 47.4 Å². The number of anilines is 2. The maximum atomic E-state index is 16.3. The summed E-state index contributed by atoms with van der Waals surface area (Å²) >= 11 is 0. The summed E-state index contributed by atoms with van der Waals surface area (Å²) in [6.45, 7) is 4.40. The molecule has 7 heterocycles. The molecule has 0 bridgehead atoms. The summed E-state index contributed by atoms with van der Waals surface area (Å²) in [5, 5.41) is 4.90. The fourth-order valence-electron chi connectivity index (χ4n) is 8.72. The Labute approximate surface area is 332 Å². The number of rotatable bonds is 9. The molecule has 2 aromatic carbocycles. The summed E-state index contributed by atoms with van der Waals surface area (Å²) in [6.07, 6.45) is 4.46. The molecular formula is C41H44FN11O5. The lowest BCUT2D eigenvalue weighted by Crippen LogP contribution is -2.62. The first-order valence-electron chi connectivity index (χ1n) is 19.7. The van der Waals surface area contributed by atoms with Crippen molar-refractivity contribution in [3.8, 4) is 17.2 Å². The van der Waals surface area contributed by atoms with Crippen molar-refractivity contribution < 1.29 is 23.5 Å². The first-order chi connectivity index (χ1) is 28.2. The molecule has 0 aliphatic carbocycles. The summed E-state index contributed by atoms with van der Waals surface area (Å²) in [7, 11) is 0. The van der Waals surface area contributed by atoms with Crippen LogP contribution in [0.2, 0.25) is 0 Å². The number of fused-ring (bicyclic) bond motifs is 1. The number of likely N-dealkylation sites (tertiary alicyclic amines) is 2. The van der Waals surface area contributed by atoms with Crippen LogP contribution in [0.15, 0.2) is 84.0 Å². The zero-order valence-corrected chi connectivity index (χ0v) is 31.7. The Morgan fingerprint density at radius 1 is 0.810 bits per heavy atom. The van der Waals surface area contributed by atoms with Crippen molar-refractivity contribution in [3.63, 3.8) is 0 Å². The summed E-state index contributed by atoms with van der Waals surface area (Å²) in [4.78, 5) is 70.1. The average Bonchev–Trinajstić information content (AvgIpc) is 3.52. The Kier molecular flexibility index (Phi) is 10.1. The highest BCUT2D eigenvalue weighted by Crippen LogP contribution is 2.33. The van der Waals surface area contributed by atoms with Gasteiger partial charge in [0.1, 0.15) is 41.3 Å². The molecule has 300 valence electrons. The summed E-state index contributed by atoms with van der Waals surface area (Å²) in [5.41, 5.74) is 8.26. The molecule has 4 saturated heterocycles. The molecule has 4 N–H and O–H groups in total. The number of nitrogens with one attached hydrogen (secondary N) is 2. The van der Waals surface area contributed by atoms with Gasteiger partial charge >= 0.3 is 5.69 Å². The van der Waals surface area contributed by atoms with Crippen LogP contribution in [-0.4, -0.2) is 115 Å². The summed E-state index contributed by atoms with van der Waals surface area (Å²) in [5.74, 6) is 0.142. The molecule has 16 nitrogen and oxygen atoms in total. The predicted octanol–water partition coefficient (Wildman–Crippen LogP) is 2.82. The lowest BCUT2D eigenvalue weighted by Gasteiger charge is -2.50. The highest BCUT2D eigenvalue weighted by molar-refractivity contribution is 6.03. The largest absolute Gasteiger partial charge is 0.457 e. The van der Waals surface area contributed by atoms with Crippen LogP contribution >= 0.6 is 0 Å². The van der Waals surface area contributed by atoms with Crippen LogP contribution in [0.1, 0.15) is 48.6 Å². The zero-order chi connectivity index (χ0) is 39.9. The van der Waals surface area contributed by atoms with Gasteiger partial charge in [0.15, 0.2) is 11.5 Å². The number of ether oxygens (including phenoxy) is 1. The number of aromatic nitrogens is 5. The monoisotopic (exact) mass is 789 g/mol. The second kappa shape index (κ2) is 15.6. The number of hydrogen-bond acceptors (Lipinski definition) is 12. The van der Waals surface area contributed by atoms with E-state index >= 15 is 4.39 Å². The number of nitrogens with two attached hydrogens (primary N) is 1. The number of hydrogen-bond donors (Lipinski definition) is 3. The summed E-state index contributed by atoms with van der Waals surface area (Å²) < 4.78 is 25.2. The van der Waals surface area contributed by atoms with Gasteiger partial charge in [0.2, 0.25) is 11.8 Å². The normalized spacial score (nSPS) is 22.4. The number of benzene rings is 2. The molecule has 4 fully saturated rings. The fourth-order valence-corrected chi connectivity index (χ4v) is 8.72. The summed E-state index contributed by atoms with van der Waals surface area (Å²) in [6, 6.07) is 19.2. The van der Waals surface area contributed by atoms with E-state index in [0.717, 1.165) is 44.7 Å². The number of amides is 3. The predicted molar refractivity (Wildman–Crippen MR) is 213 cm³/mol. The van der Waals surface area contributed by atoms with Crippen LogP contribution in [-0.2, 0) is 9.59 Å². The molecule has 0 saturated carbocycles. The van der Waals surface area contributed by atoms with Gasteiger partial charge in [-0.3, -0.25) is 38.6 Å². The van der Waals surface area contributed by atoms with E-state index in [1.807, 2.05) is 36.4 Å². The minimum atomic E-state index is -1.29. The molecule has 9 rings (SSSR count). The molecule has 3 aromatic heterocycles. The number of imide groups is 1. The highest BCUT2D eigenvalue weighted by atomic mass is 19.1. The molecule has 17 heteroatoms. The number of carbonyl (C=O) groups excluding carboxylic acids is 3. The second-order valence-corrected chi connectivity index (χ2v) is 15.4. The van der Waals surface area contributed by atoms with Crippen molar-refractivity contribution in [2.45, 2.75) is 62.4 Å². The van der Waals surface area contributed by atoms with Gasteiger partial charge in [0.25, 0.3) is 5.91 Å². The first-order valence-corrected chi connectivity index (χ1v) is 19.7. The minimum Gasteiger partial charge on any atom is -0.457 e. The average molecular weight is 790 g/mol. The van der Waals surface area contributed by atoms with Gasteiger partial charge in [-0.05, 0) is 74.2 Å². The number of imidazole rings is 1. The zero-order valence-electron chi connectivity index (χ0n) is 31.7. The van der Waals surface area contributed by atoms with Gasteiger partial charge in [-0.1, -0.05) is 18.2 Å². The number of nitrogen functional groups attached to an aromatic ring is 1. The van der Waals surface area contributed by atoms with E-state index in [1.54, 1.807) is 36.5 Å². The van der Waals surface area contributed by atoms with Gasteiger partial charge in [-0.25, -0.2) is 24.1 Å². The molecule has 0 spiro atoms. The maximum Gasteiger partial charge on any atom is 0.335 e. The van der Waals surface area contributed by atoms with Crippen LogP contribution in [0.3, 0.4) is 0 Å². The third-order valence-corrected chi connectivity index (χ3v) is 11.9. The number of pyridine rings is 1. The molecule has 4 aliphatic heterocycles. The van der Waals surface area contributed by atoms with Crippen LogP contribution in [0.25, 0.3) is 16.9 Å². The Morgan fingerprint density at radius 3 is 2.24 bits per heavy atom. The van der Waals surface area contributed by atoms with E-state index in [1.165, 1.54) is 15.5 Å². The van der Waals surface area contributed by atoms with E-state index in [2.05, 4.69) is 40.3 Å². The number of para-hydroxylation sites is 1. The molecule has 3 amide bonds. The van der Waals surface area contributed by atoms with Gasteiger partial charge in [0.05, 0.1) is 23.6 Å².